The molecule has 1 saturated carbocycles. The summed E-state index contributed by atoms with van der Waals surface area (Å²) in [6.45, 7) is 10.2. The fourth-order valence-corrected chi connectivity index (χ4v) is 4.27. The fourth-order valence-electron chi connectivity index (χ4n) is 3.07. The van der Waals surface area contributed by atoms with Crippen molar-refractivity contribution < 1.29 is 0 Å². The van der Waals surface area contributed by atoms with E-state index >= 15 is 0 Å². The van der Waals surface area contributed by atoms with Crippen LogP contribution in [0.25, 0.3) is 0 Å². The van der Waals surface area contributed by atoms with Crippen molar-refractivity contribution in [2.24, 2.45) is 5.92 Å². The molecule has 0 bridgehead atoms. The van der Waals surface area contributed by atoms with Gasteiger partial charge in [0.05, 0.1) is 11.2 Å². The van der Waals surface area contributed by atoms with Gasteiger partial charge in [-0.2, -0.15) is 0 Å². The monoisotopic (exact) mass is 280 g/mol. The van der Waals surface area contributed by atoms with Crippen molar-refractivity contribution in [1.82, 2.24) is 10.3 Å². The molecule has 1 atom stereocenters. The Morgan fingerprint density at radius 2 is 2.11 bits per heavy atom. The number of hydrogen-bond acceptors (Lipinski definition) is 3. The molecule has 108 valence electrons. The second-order valence-electron chi connectivity index (χ2n) is 6.34. The van der Waals surface area contributed by atoms with E-state index < -0.39 is 0 Å². The molecule has 0 saturated heterocycles. The molecule has 0 aliphatic heterocycles. The summed E-state index contributed by atoms with van der Waals surface area (Å²) in [6, 6.07) is 0. The van der Waals surface area contributed by atoms with Gasteiger partial charge in [-0.05, 0) is 44.6 Å². The van der Waals surface area contributed by atoms with Crippen molar-refractivity contribution in [3.05, 3.63) is 16.1 Å². The van der Waals surface area contributed by atoms with Crippen molar-refractivity contribution in [2.75, 3.05) is 6.54 Å². The third-order valence-electron chi connectivity index (χ3n) is 4.47. The van der Waals surface area contributed by atoms with Crippen LogP contribution in [0.3, 0.4) is 0 Å². The van der Waals surface area contributed by atoms with Gasteiger partial charge in [0.1, 0.15) is 5.01 Å². The molecule has 19 heavy (non-hydrogen) atoms. The molecule has 1 fully saturated rings. The first kappa shape index (κ1) is 15.0. The number of aromatic nitrogens is 1. The van der Waals surface area contributed by atoms with Gasteiger partial charge in [-0.15, -0.1) is 11.3 Å². The third kappa shape index (κ3) is 3.19. The van der Waals surface area contributed by atoms with Crippen LogP contribution in [0, 0.1) is 5.92 Å². The number of hydrogen-bond donors (Lipinski definition) is 1. The van der Waals surface area contributed by atoms with Gasteiger partial charge in [0.2, 0.25) is 0 Å². The molecule has 1 aromatic rings. The quantitative estimate of drug-likeness (QED) is 0.819. The number of rotatable bonds is 6. The Morgan fingerprint density at radius 3 is 2.63 bits per heavy atom. The lowest BCUT2D eigenvalue weighted by atomic mass is 9.84. The number of thiazole rings is 1. The average Bonchev–Trinajstić information content (AvgIpc) is 3.05. The maximum Gasteiger partial charge on any atom is 0.113 e. The Bertz CT molecular complexity index is 393. The van der Waals surface area contributed by atoms with Crippen molar-refractivity contribution in [3.63, 3.8) is 0 Å². The predicted molar refractivity (Wildman–Crippen MR) is 83.8 cm³/mol. The standard InChI is InChI=1S/C16H28N2S/c1-5-10-17-16(4,13-8-6-7-9-13)15-18-14(11-19-15)12(2)3/h11-13,17H,5-10H2,1-4H3. The summed E-state index contributed by atoms with van der Waals surface area (Å²) >= 11 is 1.85. The van der Waals surface area contributed by atoms with Gasteiger partial charge in [-0.1, -0.05) is 33.6 Å². The van der Waals surface area contributed by atoms with Crippen LogP contribution < -0.4 is 5.32 Å². The SMILES string of the molecule is CCCNC(C)(c1nc(C(C)C)cs1)C1CCCC1. The van der Waals surface area contributed by atoms with E-state index in [0.29, 0.717) is 5.92 Å². The topological polar surface area (TPSA) is 24.9 Å². The van der Waals surface area contributed by atoms with Gasteiger partial charge in [-0.3, -0.25) is 0 Å². The number of nitrogens with one attached hydrogen (secondary N) is 1. The summed E-state index contributed by atoms with van der Waals surface area (Å²) in [5, 5.41) is 7.36. The fraction of sp³-hybridized carbons (Fsp3) is 0.812. The average molecular weight is 280 g/mol. The molecule has 1 aliphatic carbocycles. The first-order valence-electron chi connectivity index (χ1n) is 7.78. The molecule has 0 spiro atoms. The zero-order chi connectivity index (χ0) is 13.9. The summed E-state index contributed by atoms with van der Waals surface area (Å²) in [4.78, 5) is 4.94. The highest BCUT2D eigenvalue weighted by atomic mass is 32.1. The lowest BCUT2D eigenvalue weighted by Gasteiger charge is -2.35. The molecule has 1 N–H and O–H groups in total. The highest BCUT2D eigenvalue weighted by molar-refractivity contribution is 7.09. The molecule has 2 rings (SSSR count). The predicted octanol–water partition coefficient (Wildman–Crippen LogP) is 4.67. The second-order valence-corrected chi connectivity index (χ2v) is 7.20. The van der Waals surface area contributed by atoms with Gasteiger partial charge in [0, 0.05) is 5.38 Å². The minimum Gasteiger partial charge on any atom is -0.305 e. The zero-order valence-electron chi connectivity index (χ0n) is 12.8. The van der Waals surface area contributed by atoms with Gasteiger partial charge >= 0.3 is 0 Å². The Morgan fingerprint density at radius 1 is 1.42 bits per heavy atom. The van der Waals surface area contributed by atoms with E-state index in [-0.39, 0.29) is 5.54 Å². The van der Waals surface area contributed by atoms with Crippen molar-refractivity contribution in [1.29, 1.82) is 0 Å². The maximum absolute atomic E-state index is 4.94. The van der Waals surface area contributed by atoms with Gasteiger partial charge < -0.3 is 5.32 Å². The molecule has 0 aromatic carbocycles. The van der Waals surface area contributed by atoms with E-state index in [9.17, 15) is 0 Å². The first-order valence-corrected chi connectivity index (χ1v) is 8.66. The van der Waals surface area contributed by atoms with Crippen LogP contribution in [0.1, 0.15) is 76.4 Å². The molecule has 1 aromatic heterocycles. The van der Waals surface area contributed by atoms with Crippen LogP contribution in [0.5, 0.6) is 0 Å². The normalized spacial score (nSPS) is 20.1. The van der Waals surface area contributed by atoms with E-state index in [2.05, 4.69) is 38.4 Å². The van der Waals surface area contributed by atoms with Crippen molar-refractivity contribution >= 4 is 11.3 Å². The molecule has 1 unspecified atom stereocenters. The number of nitrogens with zero attached hydrogens (tertiary/aromatic N) is 1. The zero-order valence-corrected chi connectivity index (χ0v) is 13.6. The van der Waals surface area contributed by atoms with Crippen LogP contribution in [0.2, 0.25) is 0 Å². The van der Waals surface area contributed by atoms with E-state index in [1.54, 1.807) is 0 Å². The maximum atomic E-state index is 4.94. The van der Waals surface area contributed by atoms with Gasteiger partial charge in [0.15, 0.2) is 0 Å². The molecule has 1 aliphatic rings. The Kier molecular flexibility index (Phi) is 5.02. The molecule has 0 amide bonds. The summed E-state index contributed by atoms with van der Waals surface area (Å²) < 4.78 is 0. The Balaban J connectivity index is 2.24. The molecular formula is C16H28N2S. The molecule has 3 heteroatoms. The van der Waals surface area contributed by atoms with E-state index in [0.717, 1.165) is 12.5 Å². The summed E-state index contributed by atoms with van der Waals surface area (Å²) in [7, 11) is 0. The Labute approximate surface area is 122 Å². The van der Waals surface area contributed by atoms with E-state index in [1.165, 1.54) is 42.8 Å². The summed E-state index contributed by atoms with van der Waals surface area (Å²) in [5.41, 5.74) is 1.34. The minimum absolute atomic E-state index is 0.0876. The van der Waals surface area contributed by atoms with Crippen LogP contribution in [0.15, 0.2) is 5.38 Å². The van der Waals surface area contributed by atoms with Crippen LogP contribution in [-0.2, 0) is 5.54 Å². The first-order chi connectivity index (χ1) is 9.08. The van der Waals surface area contributed by atoms with Crippen molar-refractivity contribution in [3.8, 4) is 0 Å². The lowest BCUT2D eigenvalue weighted by Crippen LogP contribution is -2.45. The summed E-state index contributed by atoms with van der Waals surface area (Å²) in [5.74, 6) is 1.29. The van der Waals surface area contributed by atoms with Crippen LogP contribution in [-0.4, -0.2) is 11.5 Å². The molecule has 2 nitrogen and oxygen atoms in total. The molecular weight excluding hydrogens is 252 g/mol. The lowest BCUT2D eigenvalue weighted by molar-refractivity contribution is 0.234. The van der Waals surface area contributed by atoms with Gasteiger partial charge in [-0.25, -0.2) is 4.98 Å². The largest absolute Gasteiger partial charge is 0.305 e. The third-order valence-corrected chi connectivity index (χ3v) is 5.57. The van der Waals surface area contributed by atoms with E-state index in [1.807, 2.05) is 11.3 Å². The molecule has 1 heterocycles. The van der Waals surface area contributed by atoms with Crippen LogP contribution in [0.4, 0.5) is 0 Å². The highest BCUT2D eigenvalue weighted by Crippen LogP contribution is 2.41. The highest BCUT2D eigenvalue weighted by Gasteiger charge is 2.39. The minimum atomic E-state index is 0.0876. The second kappa shape index (κ2) is 6.36. The van der Waals surface area contributed by atoms with E-state index in [4.69, 9.17) is 4.98 Å². The van der Waals surface area contributed by atoms with Gasteiger partial charge in [0.25, 0.3) is 0 Å². The van der Waals surface area contributed by atoms with Crippen LogP contribution >= 0.6 is 11.3 Å². The van der Waals surface area contributed by atoms with Crippen molar-refractivity contribution in [2.45, 2.75) is 71.3 Å². The molecule has 0 radical (unpaired) electrons. The smallest absolute Gasteiger partial charge is 0.113 e. The summed E-state index contributed by atoms with van der Waals surface area (Å²) in [6.07, 6.45) is 6.66. The Hall–Kier alpha value is -0.410.